The lowest BCUT2D eigenvalue weighted by Gasteiger charge is -2.19. The second-order valence-electron chi connectivity index (χ2n) is 13.7. The van der Waals surface area contributed by atoms with Crippen molar-refractivity contribution in [1.29, 1.82) is 0 Å². The predicted octanol–water partition coefficient (Wildman–Crippen LogP) is 11.9. The Balaban J connectivity index is 1.22. The van der Waals surface area contributed by atoms with Crippen molar-refractivity contribution in [2.45, 2.75) is 47.0 Å². The molecule has 0 aliphatic rings. The monoisotopic (exact) mass is 596 g/mol. The number of furan rings is 1. The maximum atomic E-state index is 6.63. The Bertz CT molecular complexity index is 2480. The van der Waals surface area contributed by atoms with Gasteiger partial charge in [0.1, 0.15) is 11.1 Å². The number of hydrogen-bond acceptors (Lipinski definition) is 3. The van der Waals surface area contributed by atoms with E-state index >= 15 is 0 Å². The number of hydrogen-bond donors (Lipinski definition) is 0. The molecule has 0 atom stereocenters. The van der Waals surface area contributed by atoms with Crippen LogP contribution >= 0.6 is 0 Å². The van der Waals surface area contributed by atoms with Gasteiger partial charge in [0.2, 0.25) is 0 Å². The molecule has 3 aromatic heterocycles. The van der Waals surface area contributed by atoms with E-state index in [1.165, 1.54) is 44.2 Å². The van der Waals surface area contributed by atoms with E-state index in [1.807, 2.05) is 19.2 Å². The van der Waals surface area contributed by atoms with Crippen LogP contribution in [-0.4, -0.2) is 9.97 Å². The molecule has 224 valence electrons. The molecule has 8 aromatic rings. The van der Waals surface area contributed by atoms with E-state index in [4.69, 9.17) is 14.4 Å². The zero-order valence-corrected chi connectivity index (χ0v) is 27.2. The smallest absolute Gasteiger partial charge is 0.161 e. The molecule has 0 N–H and O–H groups in total. The van der Waals surface area contributed by atoms with Crippen molar-refractivity contribution in [3.63, 3.8) is 0 Å². The molecule has 3 nitrogen and oxygen atoms in total. The number of aryl methyl sites for hydroxylation is 3. The second kappa shape index (κ2) is 10.4. The van der Waals surface area contributed by atoms with Crippen LogP contribution in [0.1, 0.15) is 43.2 Å². The van der Waals surface area contributed by atoms with Crippen LogP contribution in [0, 0.1) is 20.8 Å². The summed E-state index contributed by atoms with van der Waals surface area (Å²) in [7, 11) is 0. The highest BCUT2D eigenvalue weighted by Gasteiger charge is 2.18. The fourth-order valence-electron chi connectivity index (χ4n) is 6.74. The summed E-state index contributed by atoms with van der Waals surface area (Å²) in [6.07, 6.45) is 1.99. The first-order valence-electron chi connectivity index (χ1n) is 16.0. The van der Waals surface area contributed by atoms with E-state index < -0.39 is 0 Å². The van der Waals surface area contributed by atoms with Crippen molar-refractivity contribution >= 4 is 43.6 Å². The van der Waals surface area contributed by atoms with Gasteiger partial charge in [0, 0.05) is 33.6 Å². The number of fused-ring (bicyclic) bond motifs is 6. The fraction of sp³-hybridized carbons (Fsp3) is 0.163. The van der Waals surface area contributed by atoms with Crippen LogP contribution in [-0.2, 0) is 5.41 Å². The minimum Gasteiger partial charge on any atom is -0.453 e. The van der Waals surface area contributed by atoms with Gasteiger partial charge in [-0.3, -0.25) is 4.98 Å². The van der Waals surface area contributed by atoms with E-state index in [0.717, 1.165) is 55.4 Å². The first kappa shape index (κ1) is 28.2. The number of rotatable bonds is 3. The SMILES string of the molecule is Cc1ccc2ccc3c4cccc(-c5cc(-c6cc7ccc(-c8ccc(C(C)(C)C)cc8)cc7cc6C)c(C)cn5)c4oc3c2n1. The van der Waals surface area contributed by atoms with E-state index in [0.29, 0.717) is 0 Å². The Labute approximate surface area is 269 Å². The summed E-state index contributed by atoms with van der Waals surface area (Å²) in [5.74, 6) is 0. The summed E-state index contributed by atoms with van der Waals surface area (Å²) in [5.41, 5.74) is 14.2. The van der Waals surface area contributed by atoms with Gasteiger partial charge in [0.05, 0.1) is 5.69 Å². The van der Waals surface area contributed by atoms with Gasteiger partial charge in [-0.15, -0.1) is 0 Å². The molecule has 0 fully saturated rings. The molecule has 0 saturated heterocycles. The van der Waals surface area contributed by atoms with Crippen molar-refractivity contribution in [3.8, 4) is 33.5 Å². The summed E-state index contributed by atoms with van der Waals surface area (Å²) in [6, 6.07) is 37.4. The number of aromatic nitrogens is 2. The lowest BCUT2D eigenvalue weighted by Crippen LogP contribution is -2.10. The van der Waals surface area contributed by atoms with Crippen LogP contribution in [0.4, 0.5) is 0 Å². The molecule has 0 radical (unpaired) electrons. The van der Waals surface area contributed by atoms with Crippen LogP contribution in [0.15, 0.2) is 114 Å². The number of nitrogens with zero attached hydrogens (tertiary/aromatic N) is 2. The largest absolute Gasteiger partial charge is 0.453 e. The topological polar surface area (TPSA) is 38.9 Å². The highest BCUT2D eigenvalue weighted by atomic mass is 16.3. The van der Waals surface area contributed by atoms with E-state index in [2.05, 4.69) is 132 Å². The molecule has 0 aliphatic carbocycles. The molecular formula is C43H36N2O. The molecular weight excluding hydrogens is 560 g/mol. The number of benzene rings is 5. The third kappa shape index (κ3) is 4.66. The first-order valence-corrected chi connectivity index (χ1v) is 16.0. The Hall–Kier alpha value is -5.28. The van der Waals surface area contributed by atoms with Crippen LogP contribution < -0.4 is 0 Å². The zero-order valence-electron chi connectivity index (χ0n) is 27.2. The summed E-state index contributed by atoms with van der Waals surface area (Å²) in [4.78, 5) is 9.74. The minimum absolute atomic E-state index is 0.143. The molecule has 0 aliphatic heterocycles. The van der Waals surface area contributed by atoms with Crippen LogP contribution in [0.3, 0.4) is 0 Å². The Morgan fingerprint density at radius 2 is 1.28 bits per heavy atom. The van der Waals surface area contributed by atoms with E-state index in [9.17, 15) is 0 Å². The molecule has 46 heavy (non-hydrogen) atoms. The summed E-state index contributed by atoms with van der Waals surface area (Å²) >= 11 is 0. The van der Waals surface area contributed by atoms with Gasteiger partial charge in [-0.2, -0.15) is 0 Å². The molecule has 3 heterocycles. The van der Waals surface area contributed by atoms with Gasteiger partial charge < -0.3 is 4.42 Å². The first-order chi connectivity index (χ1) is 22.1. The Morgan fingerprint density at radius 1 is 0.565 bits per heavy atom. The van der Waals surface area contributed by atoms with Gasteiger partial charge in [0.25, 0.3) is 0 Å². The Morgan fingerprint density at radius 3 is 2.09 bits per heavy atom. The lowest BCUT2D eigenvalue weighted by molar-refractivity contribution is 0.590. The van der Waals surface area contributed by atoms with Crippen molar-refractivity contribution in [2.24, 2.45) is 0 Å². The predicted molar refractivity (Wildman–Crippen MR) is 194 cm³/mol. The second-order valence-corrected chi connectivity index (χ2v) is 13.7. The Kier molecular flexibility index (Phi) is 6.37. The maximum Gasteiger partial charge on any atom is 0.161 e. The molecule has 3 heteroatoms. The van der Waals surface area contributed by atoms with E-state index in [-0.39, 0.29) is 5.41 Å². The molecule has 5 aromatic carbocycles. The van der Waals surface area contributed by atoms with Gasteiger partial charge in [0.15, 0.2) is 5.58 Å². The van der Waals surface area contributed by atoms with E-state index in [1.54, 1.807) is 0 Å². The summed E-state index contributed by atoms with van der Waals surface area (Å²) in [6.45, 7) is 13.1. The molecule has 0 unspecified atom stereocenters. The maximum absolute atomic E-state index is 6.63. The molecule has 0 amide bonds. The van der Waals surface area contributed by atoms with Crippen molar-refractivity contribution in [1.82, 2.24) is 9.97 Å². The van der Waals surface area contributed by atoms with Crippen LogP contribution in [0.2, 0.25) is 0 Å². The number of pyridine rings is 2. The van der Waals surface area contributed by atoms with Gasteiger partial charge in [-0.25, -0.2) is 4.98 Å². The van der Waals surface area contributed by atoms with Crippen LogP contribution in [0.25, 0.3) is 77.1 Å². The van der Waals surface area contributed by atoms with Crippen molar-refractivity contribution in [2.75, 3.05) is 0 Å². The van der Waals surface area contributed by atoms with Crippen LogP contribution in [0.5, 0.6) is 0 Å². The summed E-state index contributed by atoms with van der Waals surface area (Å²) in [5, 5.41) is 5.69. The zero-order chi connectivity index (χ0) is 31.7. The molecule has 0 saturated carbocycles. The normalized spacial score (nSPS) is 12.1. The van der Waals surface area contributed by atoms with Gasteiger partial charge in [-0.1, -0.05) is 87.5 Å². The minimum atomic E-state index is 0.143. The third-order valence-corrected chi connectivity index (χ3v) is 9.40. The average Bonchev–Trinajstić information content (AvgIpc) is 3.44. The highest BCUT2D eigenvalue weighted by molar-refractivity contribution is 6.16. The van der Waals surface area contributed by atoms with Crippen molar-refractivity contribution in [3.05, 3.63) is 132 Å². The molecule has 0 bridgehead atoms. The molecule has 0 spiro atoms. The lowest BCUT2D eigenvalue weighted by atomic mass is 9.86. The quantitative estimate of drug-likeness (QED) is 0.204. The van der Waals surface area contributed by atoms with Crippen molar-refractivity contribution < 1.29 is 4.42 Å². The number of para-hydroxylation sites is 1. The van der Waals surface area contributed by atoms with Gasteiger partial charge >= 0.3 is 0 Å². The van der Waals surface area contributed by atoms with Gasteiger partial charge in [-0.05, 0) is 112 Å². The average molecular weight is 597 g/mol. The standard InChI is InChI=1S/C43H36N2O/c1-25-20-32-21-30(28-14-17-33(18-15-28)43(4,5)6)12-13-31(32)22-37(25)38-23-39(44-24-26(38)2)36-9-7-8-34-35-19-16-29-11-10-27(3)45-40(29)42(35)46-41(34)36/h7-24H,1-6H3. The highest BCUT2D eigenvalue weighted by Crippen LogP contribution is 2.40. The third-order valence-electron chi connectivity index (χ3n) is 9.40. The summed E-state index contributed by atoms with van der Waals surface area (Å²) < 4.78 is 6.63. The fourth-order valence-corrected chi connectivity index (χ4v) is 6.74. The molecule has 8 rings (SSSR count).